The van der Waals surface area contributed by atoms with Crippen molar-refractivity contribution >= 4 is 5.91 Å². The normalized spacial score (nSPS) is 18.2. The van der Waals surface area contributed by atoms with Crippen LogP contribution in [0.3, 0.4) is 0 Å². The number of ether oxygens (including phenoxy) is 4. The van der Waals surface area contributed by atoms with Gasteiger partial charge in [0, 0.05) is 33.6 Å². The lowest BCUT2D eigenvalue weighted by Crippen LogP contribution is -2.39. The molecule has 1 aliphatic rings. The number of allylic oxidation sites excluding steroid dienone is 1. The summed E-state index contributed by atoms with van der Waals surface area (Å²) in [7, 11) is 4.75. The Hall–Kier alpha value is -2.71. The number of amides is 1. The van der Waals surface area contributed by atoms with Crippen molar-refractivity contribution in [2.75, 3.05) is 27.8 Å². The topological polar surface area (TPSA) is 77.5 Å². The quantitative estimate of drug-likeness (QED) is 0.571. The molecule has 172 valence electrons. The number of carbonyl (C=O) groups excluding carboxylic acids is 1. The van der Waals surface area contributed by atoms with Crippen LogP contribution in [-0.2, 0) is 37.0 Å². The maximum Gasteiger partial charge on any atom is 0.288 e. The maximum atomic E-state index is 13.1. The van der Waals surface area contributed by atoms with Crippen molar-refractivity contribution in [3.63, 3.8) is 0 Å². The minimum atomic E-state index is -0.573. The highest BCUT2D eigenvalue weighted by Gasteiger charge is 2.30. The van der Waals surface area contributed by atoms with Crippen molar-refractivity contribution in [3.8, 4) is 0 Å². The zero-order valence-corrected chi connectivity index (χ0v) is 18.8. The lowest BCUT2D eigenvalue weighted by Gasteiger charge is -2.31. The van der Waals surface area contributed by atoms with Crippen LogP contribution < -0.4 is 0 Å². The molecule has 7 heteroatoms. The SMILES string of the molecule is COC(CN(C)C(=O)C1=C[C@H](c2ccccc2)C[C@H](OCc2ccc(CO)cc2)O1)OC. The van der Waals surface area contributed by atoms with Crippen LogP contribution in [0.4, 0.5) is 0 Å². The molecule has 0 bridgehead atoms. The van der Waals surface area contributed by atoms with Crippen LogP contribution in [0.2, 0.25) is 0 Å². The van der Waals surface area contributed by atoms with E-state index in [4.69, 9.17) is 18.9 Å². The zero-order valence-electron chi connectivity index (χ0n) is 18.8. The third-order valence-electron chi connectivity index (χ3n) is 5.43. The first kappa shape index (κ1) is 23.9. The molecule has 1 heterocycles. The molecule has 1 amide bonds. The molecule has 3 rings (SSSR count). The van der Waals surface area contributed by atoms with Crippen molar-refractivity contribution in [2.24, 2.45) is 0 Å². The molecular formula is C25H31NO6. The minimum Gasteiger partial charge on any atom is -0.459 e. The summed E-state index contributed by atoms with van der Waals surface area (Å²) in [5, 5.41) is 9.20. The van der Waals surface area contributed by atoms with Gasteiger partial charge in [-0.1, -0.05) is 54.6 Å². The Labute approximate surface area is 189 Å². The predicted molar refractivity (Wildman–Crippen MR) is 119 cm³/mol. The van der Waals surface area contributed by atoms with Gasteiger partial charge in [-0.3, -0.25) is 4.79 Å². The van der Waals surface area contributed by atoms with E-state index in [1.54, 1.807) is 7.05 Å². The van der Waals surface area contributed by atoms with Gasteiger partial charge in [0.05, 0.1) is 19.8 Å². The third-order valence-corrected chi connectivity index (χ3v) is 5.43. The molecule has 0 unspecified atom stereocenters. The van der Waals surface area contributed by atoms with Crippen LogP contribution in [0, 0.1) is 0 Å². The molecule has 2 aromatic rings. The second-order valence-electron chi connectivity index (χ2n) is 7.70. The highest BCUT2D eigenvalue weighted by Crippen LogP contribution is 2.32. The third kappa shape index (κ3) is 6.40. The molecule has 0 fully saturated rings. The first-order chi connectivity index (χ1) is 15.5. The Bertz CT molecular complexity index is 879. The van der Waals surface area contributed by atoms with E-state index in [0.717, 1.165) is 16.7 Å². The highest BCUT2D eigenvalue weighted by atomic mass is 16.7. The van der Waals surface area contributed by atoms with Crippen molar-refractivity contribution in [1.82, 2.24) is 4.90 Å². The van der Waals surface area contributed by atoms with E-state index in [2.05, 4.69) is 0 Å². The van der Waals surface area contributed by atoms with Crippen molar-refractivity contribution < 1.29 is 28.8 Å². The largest absolute Gasteiger partial charge is 0.459 e. The molecule has 7 nitrogen and oxygen atoms in total. The molecule has 0 saturated heterocycles. The number of carbonyl (C=O) groups is 1. The molecule has 32 heavy (non-hydrogen) atoms. The summed E-state index contributed by atoms with van der Waals surface area (Å²) in [5.41, 5.74) is 2.90. The first-order valence-electron chi connectivity index (χ1n) is 10.6. The van der Waals surface area contributed by atoms with E-state index in [-0.39, 0.29) is 30.7 Å². The van der Waals surface area contributed by atoms with Gasteiger partial charge >= 0.3 is 0 Å². The molecular weight excluding hydrogens is 410 g/mol. The van der Waals surface area contributed by atoms with Gasteiger partial charge < -0.3 is 29.0 Å². The van der Waals surface area contributed by atoms with Gasteiger partial charge in [-0.25, -0.2) is 0 Å². The smallest absolute Gasteiger partial charge is 0.288 e. The molecule has 0 aromatic heterocycles. The highest BCUT2D eigenvalue weighted by molar-refractivity contribution is 5.91. The summed E-state index contributed by atoms with van der Waals surface area (Å²) in [6, 6.07) is 17.5. The van der Waals surface area contributed by atoms with Crippen LogP contribution in [0.1, 0.15) is 29.0 Å². The molecule has 0 aliphatic carbocycles. The molecule has 0 saturated carbocycles. The van der Waals surface area contributed by atoms with Gasteiger partial charge in [0.2, 0.25) is 6.29 Å². The average molecular weight is 442 g/mol. The van der Waals surface area contributed by atoms with Crippen molar-refractivity contribution in [1.29, 1.82) is 0 Å². The second-order valence-corrected chi connectivity index (χ2v) is 7.70. The van der Waals surface area contributed by atoms with Crippen LogP contribution >= 0.6 is 0 Å². The van der Waals surface area contributed by atoms with Gasteiger partial charge in [-0.05, 0) is 22.8 Å². The van der Waals surface area contributed by atoms with Gasteiger partial charge in [-0.15, -0.1) is 0 Å². The minimum absolute atomic E-state index is 0.00239. The standard InChI is InChI=1S/C25H31NO6/c1-26(15-24(29-2)30-3)25(28)22-13-21(20-7-5-4-6-8-20)14-23(32-22)31-17-19-11-9-18(16-27)10-12-19/h4-13,21,23-24,27H,14-17H2,1-3H3/t21-,23+/m0/s1. The van der Waals surface area contributed by atoms with Gasteiger partial charge in [0.25, 0.3) is 5.91 Å². The lowest BCUT2D eigenvalue weighted by atomic mass is 9.93. The van der Waals surface area contributed by atoms with Crippen molar-refractivity contribution in [2.45, 2.75) is 38.1 Å². The fourth-order valence-corrected chi connectivity index (χ4v) is 3.51. The van der Waals surface area contributed by atoms with E-state index < -0.39 is 12.6 Å². The number of hydrogen-bond acceptors (Lipinski definition) is 6. The Morgan fingerprint density at radius 3 is 2.38 bits per heavy atom. The summed E-state index contributed by atoms with van der Waals surface area (Å²) in [6.45, 7) is 0.609. The van der Waals surface area contributed by atoms with E-state index in [1.165, 1.54) is 19.1 Å². The van der Waals surface area contributed by atoms with Gasteiger partial charge in [0.15, 0.2) is 12.0 Å². The maximum absolute atomic E-state index is 13.1. The van der Waals surface area contributed by atoms with Crippen LogP contribution in [0.5, 0.6) is 0 Å². The molecule has 1 aliphatic heterocycles. The number of hydrogen-bond donors (Lipinski definition) is 1. The Balaban J connectivity index is 1.73. The summed E-state index contributed by atoms with van der Waals surface area (Å²) in [5.74, 6) is -0.0236. The number of rotatable bonds is 10. The molecule has 0 spiro atoms. The summed E-state index contributed by atoms with van der Waals surface area (Å²) >= 11 is 0. The fourth-order valence-electron chi connectivity index (χ4n) is 3.51. The molecule has 1 N–H and O–H groups in total. The summed E-state index contributed by atoms with van der Waals surface area (Å²) in [4.78, 5) is 14.6. The number of aliphatic hydroxyl groups is 1. The Morgan fingerprint density at radius 2 is 1.75 bits per heavy atom. The molecule has 0 radical (unpaired) electrons. The average Bonchev–Trinajstić information content (AvgIpc) is 2.86. The number of nitrogens with zero attached hydrogens (tertiary/aromatic N) is 1. The number of likely N-dealkylation sites (N-methyl/N-ethyl adjacent to an activating group) is 1. The predicted octanol–water partition coefficient (Wildman–Crippen LogP) is 3.19. The van der Waals surface area contributed by atoms with Crippen LogP contribution in [-0.4, -0.2) is 56.3 Å². The van der Waals surface area contributed by atoms with Gasteiger partial charge in [-0.2, -0.15) is 0 Å². The van der Waals surface area contributed by atoms with Crippen LogP contribution in [0.15, 0.2) is 66.4 Å². The zero-order chi connectivity index (χ0) is 22.9. The van der Waals surface area contributed by atoms with E-state index >= 15 is 0 Å². The van der Waals surface area contributed by atoms with E-state index in [9.17, 15) is 9.90 Å². The van der Waals surface area contributed by atoms with Gasteiger partial charge in [0.1, 0.15) is 0 Å². The monoisotopic (exact) mass is 441 g/mol. The number of aliphatic hydroxyl groups excluding tert-OH is 1. The van der Waals surface area contributed by atoms with E-state index in [1.807, 2.05) is 60.7 Å². The molecule has 2 atom stereocenters. The lowest BCUT2D eigenvalue weighted by molar-refractivity contribution is -0.160. The first-order valence-corrected chi connectivity index (χ1v) is 10.6. The second kappa shape index (κ2) is 11.8. The van der Waals surface area contributed by atoms with Crippen molar-refractivity contribution in [3.05, 3.63) is 83.1 Å². The fraction of sp³-hybridized carbons (Fsp3) is 0.400. The van der Waals surface area contributed by atoms with E-state index in [0.29, 0.717) is 13.0 Å². The Kier molecular flexibility index (Phi) is 8.81. The summed E-state index contributed by atoms with van der Waals surface area (Å²) < 4.78 is 22.4. The number of methoxy groups -OCH3 is 2. The van der Waals surface area contributed by atoms with Crippen LogP contribution in [0.25, 0.3) is 0 Å². The Morgan fingerprint density at radius 1 is 1.09 bits per heavy atom. The number of benzene rings is 2. The summed E-state index contributed by atoms with van der Waals surface area (Å²) in [6.07, 6.45) is 1.36. The molecule has 2 aromatic carbocycles.